The van der Waals surface area contributed by atoms with E-state index in [1.807, 2.05) is 42.5 Å². The summed E-state index contributed by atoms with van der Waals surface area (Å²) in [6.45, 7) is 0. The number of oxazole rings is 1. The molecule has 26 heavy (non-hydrogen) atoms. The fourth-order valence-corrected chi connectivity index (χ4v) is 2.81. The van der Waals surface area contributed by atoms with E-state index in [9.17, 15) is 9.50 Å². The Balaban J connectivity index is 1.71. The van der Waals surface area contributed by atoms with Crippen LogP contribution in [0.5, 0.6) is 5.95 Å². The first-order valence-electron chi connectivity index (χ1n) is 7.79. The maximum absolute atomic E-state index is 13.2. The number of aromatic nitrogens is 1. The lowest BCUT2D eigenvalue weighted by atomic mass is 10.0. The van der Waals surface area contributed by atoms with E-state index in [0.29, 0.717) is 5.69 Å². The molecule has 3 aromatic carbocycles. The van der Waals surface area contributed by atoms with Gasteiger partial charge in [0.05, 0.1) is 16.9 Å². The van der Waals surface area contributed by atoms with Crippen LogP contribution in [0.4, 0.5) is 10.1 Å². The molecule has 6 heteroatoms. The van der Waals surface area contributed by atoms with Crippen molar-refractivity contribution >= 4 is 34.3 Å². The second-order valence-corrected chi connectivity index (χ2v) is 6.00. The molecule has 0 radical (unpaired) electrons. The van der Waals surface area contributed by atoms with Crippen LogP contribution >= 0.6 is 11.6 Å². The fourth-order valence-electron chi connectivity index (χ4n) is 2.64. The third-order valence-electron chi connectivity index (χ3n) is 3.89. The molecule has 0 fully saturated rings. The number of aromatic hydroxyl groups is 1. The zero-order valence-electron chi connectivity index (χ0n) is 13.4. The molecule has 0 saturated heterocycles. The van der Waals surface area contributed by atoms with Crippen LogP contribution in [0.1, 0.15) is 5.69 Å². The topological polar surface area (TPSA) is 58.6 Å². The molecular formula is C20H12ClFN2O2. The van der Waals surface area contributed by atoms with Crippen molar-refractivity contribution in [3.05, 3.63) is 77.2 Å². The molecule has 0 spiro atoms. The fraction of sp³-hybridized carbons (Fsp3) is 0. The van der Waals surface area contributed by atoms with Crippen LogP contribution in [0, 0.1) is 5.82 Å². The number of hydrogen-bond acceptors (Lipinski definition) is 4. The van der Waals surface area contributed by atoms with Crippen molar-refractivity contribution < 1.29 is 13.9 Å². The molecule has 0 bridgehead atoms. The number of nitrogens with zero attached hydrogens (tertiary/aromatic N) is 2. The molecule has 0 aliphatic carbocycles. The Labute approximate surface area is 153 Å². The van der Waals surface area contributed by atoms with Crippen LogP contribution in [-0.2, 0) is 0 Å². The summed E-state index contributed by atoms with van der Waals surface area (Å²) in [5, 5.41) is 12.0. The van der Waals surface area contributed by atoms with Crippen LogP contribution in [0.2, 0.25) is 5.02 Å². The number of benzene rings is 3. The number of fused-ring (bicyclic) bond motifs is 1. The van der Waals surface area contributed by atoms with E-state index in [1.54, 1.807) is 0 Å². The first-order chi connectivity index (χ1) is 12.6. The van der Waals surface area contributed by atoms with Crippen molar-refractivity contribution in [3.63, 3.8) is 0 Å². The zero-order chi connectivity index (χ0) is 18.1. The molecule has 1 aromatic heterocycles. The molecule has 0 saturated carbocycles. The van der Waals surface area contributed by atoms with E-state index in [1.165, 1.54) is 24.4 Å². The minimum atomic E-state index is -0.520. The van der Waals surface area contributed by atoms with E-state index in [0.717, 1.165) is 16.3 Å². The molecule has 128 valence electrons. The van der Waals surface area contributed by atoms with Gasteiger partial charge in [-0.05, 0) is 35.0 Å². The van der Waals surface area contributed by atoms with Gasteiger partial charge in [-0.2, -0.15) is 0 Å². The lowest BCUT2D eigenvalue weighted by molar-refractivity contribution is 0.337. The quantitative estimate of drug-likeness (QED) is 0.470. The largest absolute Gasteiger partial charge is 0.479 e. The highest BCUT2D eigenvalue weighted by molar-refractivity contribution is 6.31. The summed E-state index contributed by atoms with van der Waals surface area (Å²) in [4.78, 5) is 8.46. The lowest BCUT2D eigenvalue weighted by Crippen LogP contribution is -1.84. The Morgan fingerprint density at radius 2 is 1.88 bits per heavy atom. The Hall–Kier alpha value is -3.18. The van der Waals surface area contributed by atoms with E-state index >= 15 is 0 Å². The molecule has 1 heterocycles. The summed E-state index contributed by atoms with van der Waals surface area (Å²) in [6, 6.07) is 17.7. The van der Waals surface area contributed by atoms with Gasteiger partial charge in [-0.1, -0.05) is 48.0 Å². The van der Waals surface area contributed by atoms with Crippen molar-refractivity contribution in [1.29, 1.82) is 0 Å². The second-order valence-electron chi connectivity index (χ2n) is 5.59. The Morgan fingerprint density at radius 1 is 1.08 bits per heavy atom. The van der Waals surface area contributed by atoms with Crippen LogP contribution < -0.4 is 0 Å². The highest BCUT2D eigenvalue weighted by Crippen LogP contribution is 2.31. The maximum atomic E-state index is 13.2. The zero-order valence-corrected chi connectivity index (χ0v) is 14.1. The molecule has 0 aliphatic rings. The predicted molar refractivity (Wildman–Crippen MR) is 99.8 cm³/mol. The average Bonchev–Trinajstić information content (AvgIpc) is 3.03. The molecule has 0 amide bonds. The Morgan fingerprint density at radius 3 is 2.73 bits per heavy atom. The van der Waals surface area contributed by atoms with E-state index in [4.69, 9.17) is 16.0 Å². The summed E-state index contributed by atoms with van der Waals surface area (Å²) >= 11 is 5.73. The Bertz CT molecular complexity index is 1130. The van der Waals surface area contributed by atoms with Crippen molar-refractivity contribution in [2.45, 2.75) is 0 Å². The van der Waals surface area contributed by atoms with E-state index < -0.39 is 5.82 Å². The van der Waals surface area contributed by atoms with Crippen molar-refractivity contribution in [2.75, 3.05) is 0 Å². The monoisotopic (exact) mass is 366 g/mol. The van der Waals surface area contributed by atoms with Gasteiger partial charge in [-0.15, -0.1) is 0 Å². The summed E-state index contributed by atoms with van der Waals surface area (Å²) in [5.41, 5.74) is 1.38. The first-order valence-corrected chi connectivity index (χ1v) is 8.16. The van der Waals surface area contributed by atoms with Gasteiger partial charge in [0.15, 0.2) is 5.69 Å². The minimum Gasteiger partial charge on any atom is -0.479 e. The van der Waals surface area contributed by atoms with E-state index in [2.05, 4.69) is 9.98 Å². The van der Waals surface area contributed by atoms with Gasteiger partial charge in [-0.3, -0.25) is 4.99 Å². The summed E-state index contributed by atoms with van der Waals surface area (Å²) in [6.07, 6.45) is 1.34. The normalized spacial score (nSPS) is 11.5. The predicted octanol–water partition coefficient (Wildman–Crippen LogP) is 5.74. The molecule has 4 rings (SSSR count). The number of aliphatic imine (C=N–C) groups is 1. The summed E-state index contributed by atoms with van der Waals surface area (Å²) in [5.74, 6) is -0.573. The highest BCUT2D eigenvalue weighted by Gasteiger charge is 2.14. The van der Waals surface area contributed by atoms with Gasteiger partial charge in [0.1, 0.15) is 5.82 Å². The molecule has 4 nitrogen and oxygen atoms in total. The van der Waals surface area contributed by atoms with Crippen LogP contribution in [0.25, 0.3) is 22.2 Å². The SMILES string of the molecule is Oc1oc(-c2cccc3ccccc23)nc1C=Nc1ccc(F)c(Cl)c1. The summed E-state index contributed by atoms with van der Waals surface area (Å²) in [7, 11) is 0. The standard InChI is InChI=1S/C20H12ClFN2O2/c21-16-10-13(8-9-17(16)22)23-11-18-20(25)26-19(24-18)15-7-3-5-12-4-1-2-6-14(12)15/h1-11,25H. The molecule has 4 aromatic rings. The lowest BCUT2D eigenvalue weighted by Gasteiger charge is -2.01. The average molecular weight is 367 g/mol. The summed E-state index contributed by atoms with van der Waals surface area (Å²) < 4.78 is 18.6. The smallest absolute Gasteiger partial charge is 0.312 e. The number of rotatable bonds is 3. The van der Waals surface area contributed by atoms with Crippen LogP contribution in [0.3, 0.4) is 0 Å². The van der Waals surface area contributed by atoms with Gasteiger partial charge in [-0.25, -0.2) is 9.37 Å². The molecule has 0 unspecified atom stereocenters. The maximum Gasteiger partial charge on any atom is 0.312 e. The van der Waals surface area contributed by atoms with Crippen LogP contribution in [0.15, 0.2) is 70.1 Å². The van der Waals surface area contributed by atoms with Crippen LogP contribution in [-0.4, -0.2) is 16.3 Å². The molecule has 0 atom stereocenters. The third-order valence-corrected chi connectivity index (χ3v) is 4.18. The third kappa shape index (κ3) is 3.05. The van der Waals surface area contributed by atoms with Gasteiger partial charge in [0.25, 0.3) is 0 Å². The minimum absolute atomic E-state index is 0.0273. The van der Waals surface area contributed by atoms with E-state index in [-0.39, 0.29) is 22.6 Å². The first kappa shape index (κ1) is 16.3. The number of halogens is 2. The molecular weight excluding hydrogens is 355 g/mol. The van der Waals surface area contributed by atoms with Crippen molar-refractivity contribution in [1.82, 2.24) is 4.98 Å². The van der Waals surface area contributed by atoms with Crippen molar-refractivity contribution in [2.24, 2.45) is 4.99 Å². The van der Waals surface area contributed by atoms with Gasteiger partial charge in [0.2, 0.25) is 5.89 Å². The number of hydrogen-bond donors (Lipinski definition) is 1. The van der Waals surface area contributed by atoms with Gasteiger partial charge in [0, 0.05) is 5.56 Å². The van der Waals surface area contributed by atoms with Crippen molar-refractivity contribution in [3.8, 4) is 17.4 Å². The molecule has 0 aliphatic heterocycles. The van der Waals surface area contributed by atoms with Gasteiger partial charge < -0.3 is 9.52 Å². The van der Waals surface area contributed by atoms with Gasteiger partial charge >= 0.3 is 5.95 Å². The second kappa shape index (κ2) is 6.61. The Kier molecular flexibility index (Phi) is 4.14. The highest BCUT2D eigenvalue weighted by atomic mass is 35.5. The molecule has 1 N–H and O–H groups in total.